The van der Waals surface area contributed by atoms with Crippen LogP contribution in [0.1, 0.15) is 18.2 Å². The van der Waals surface area contributed by atoms with E-state index in [0.717, 1.165) is 30.0 Å². The van der Waals surface area contributed by atoms with Crippen molar-refractivity contribution in [1.29, 1.82) is 0 Å². The standard InChI is InChI=1S/C14H12ClF3N4O2S/c1-6-11(23)20-13(22-21-6)25-7(2)12(24)19-10-5-8(14(16,17)18)3-4-9(10)15/h3-5,7H,1-2H3,(H,19,24)(H,20,22,23)/t7-/m0/s1. The molecule has 2 N–H and O–H groups in total. The molecule has 0 aliphatic rings. The van der Waals surface area contributed by atoms with Crippen LogP contribution >= 0.6 is 23.4 Å². The maximum absolute atomic E-state index is 12.7. The number of H-pyrrole nitrogens is 1. The van der Waals surface area contributed by atoms with Gasteiger partial charge in [-0.15, -0.1) is 10.2 Å². The Morgan fingerprint density at radius 3 is 2.64 bits per heavy atom. The van der Waals surface area contributed by atoms with E-state index in [1.54, 1.807) is 0 Å². The molecule has 0 saturated heterocycles. The average Bonchev–Trinajstić information content (AvgIpc) is 2.51. The molecule has 0 bridgehead atoms. The maximum Gasteiger partial charge on any atom is 0.416 e. The molecule has 11 heteroatoms. The van der Waals surface area contributed by atoms with Gasteiger partial charge in [-0.3, -0.25) is 14.6 Å². The molecule has 0 radical (unpaired) electrons. The number of rotatable bonds is 4. The number of carbonyl (C=O) groups is 1. The van der Waals surface area contributed by atoms with Gasteiger partial charge in [0.25, 0.3) is 5.56 Å². The van der Waals surface area contributed by atoms with Crippen LogP contribution in [-0.2, 0) is 11.0 Å². The third-order valence-corrected chi connectivity index (χ3v) is 4.35. The Kier molecular flexibility index (Phi) is 5.73. The minimum atomic E-state index is -4.55. The molecule has 0 unspecified atom stereocenters. The van der Waals surface area contributed by atoms with Crippen LogP contribution in [-0.4, -0.2) is 26.3 Å². The van der Waals surface area contributed by atoms with Gasteiger partial charge in [-0.25, -0.2) is 0 Å². The Labute approximate surface area is 149 Å². The van der Waals surface area contributed by atoms with E-state index in [1.165, 1.54) is 13.8 Å². The molecule has 25 heavy (non-hydrogen) atoms. The molecule has 0 saturated carbocycles. The number of carbonyl (C=O) groups excluding carboxylic acids is 1. The van der Waals surface area contributed by atoms with E-state index in [4.69, 9.17) is 11.6 Å². The minimum Gasteiger partial charge on any atom is -0.324 e. The SMILES string of the molecule is Cc1nnc(S[C@@H](C)C(=O)Nc2cc(C(F)(F)F)ccc2Cl)[nH]c1=O. The zero-order valence-electron chi connectivity index (χ0n) is 12.9. The second kappa shape index (κ2) is 7.44. The topological polar surface area (TPSA) is 87.7 Å². The third-order valence-electron chi connectivity index (χ3n) is 3.05. The van der Waals surface area contributed by atoms with Crippen LogP contribution in [0.25, 0.3) is 0 Å². The molecule has 1 atom stereocenters. The Morgan fingerprint density at radius 2 is 2.04 bits per heavy atom. The van der Waals surface area contributed by atoms with Crippen LogP contribution in [0.2, 0.25) is 5.02 Å². The van der Waals surface area contributed by atoms with Crippen LogP contribution in [0.5, 0.6) is 0 Å². The minimum absolute atomic E-state index is 0.0258. The first-order valence-corrected chi connectivity index (χ1v) is 8.11. The number of nitrogens with zero attached hydrogens (tertiary/aromatic N) is 2. The number of halogens is 4. The van der Waals surface area contributed by atoms with Crippen molar-refractivity contribution in [1.82, 2.24) is 15.2 Å². The van der Waals surface area contributed by atoms with E-state index < -0.39 is 28.5 Å². The van der Waals surface area contributed by atoms with E-state index in [2.05, 4.69) is 20.5 Å². The van der Waals surface area contributed by atoms with E-state index >= 15 is 0 Å². The smallest absolute Gasteiger partial charge is 0.324 e. The average molecular weight is 393 g/mol. The summed E-state index contributed by atoms with van der Waals surface area (Å²) in [4.78, 5) is 26.1. The number of aromatic nitrogens is 3. The number of aryl methyl sites for hydroxylation is 1. The molecular formula is C14H12ClF3N4O2S. The van der Waals surface area contributed by atoms with Gasteiger partial charge < -0.3 is 5.32 Å². The van der Waals surface area contributed by atoms with Crippen molar-refractivity contribution in [2.24, 2.45) is 0 Å². The number of alkyl halides is 3. The Hall–Kier alpha value is -2.07. The molecule has 1 aromatic carbocycles. The zero-order chi connectivity index (χ0) is 18.8. The first-order valence-electron chi connectivity index (χ1n) is 6.86. The van der Waals surface area contributed by atoms with Crippen molar-refractivity contribution >= 4 is 35.0 Å². The predicted octanol–water partition coefficient (Wildman–Crippen LogP) is 3.26. The van der Waals surface area contributed by atoms with Crippen LogP contribution in [0.4, 0.5) is 18.9 Å². The number of hydrogen-bond acceptors (Lipinski definition) is 5. The second-order valence-corrected chi connectivity index (χ2v) is 6.72. The number of nitrogens with one attached hydrogen (secondary N) is 2. The molecule has 0 fully saturated rings. The van der Waals surface area contributed by atoms with E-state index in [9.17, 15) is 22.8 Å². The number of aromatic amines is 1. The number of benzene rings is 1. The summed E-state index contributed by atoms with van der Waals surface area (Å²) < 4.78 is 38.2. The summed E-state index contributed by atoms with van der Waals surface area (Å²) in [6, 6.07) is 2.63. The monoisotopic (exact) mass is 392 g/mol. The number of anilines is 1. The quantitative estimate of drug-likeness (QED) is 0.780. The highest BCUT2D eigenvalue weighted by Crippen LogP contribution is 2.34. The lowest BCUT2D eigenvalue weighted by atomic mass is 10.2. The summed E-state index contributed by atoms with van der Waals surface area (Å²) in [7, 11) is 0. The summed E-state index contributed by atoms with van der Waals surface area (Å²) >= 11 is 6.74. The van der Waals surface area contributed by atoms with Gasteiger partial charge in [-0.1, -0.05) is 23.4 Å². The van der Waals surface area contributed by atoms with Crippen LogP contribution in [0.15, 0.2) is 28.2 Å². The van der Waals surface area contributed by atoms with Crippen LogP contribution in [0.3, 0.4) is 0 Å². The van der Waals surface area contributed by atoms with E-state index in [-0.39, 0.29) is 21.6 Å². The van der Waals surface area contributed by atoms with Gasteiger partial charge in [0.05, 0.1) is 21.5 Å². The summed E-state index contributed by atoms with van der Waals surface area (Å²) in [5.41, 5.74) is -1.35. The lowest BCUT2D eigenvalue weighted by molar-refractivity contribution is -0.137. The molecule has 0 aliphatic carbocycles. The molecule has 0 spiro atoms. The van der Waals surface area contributed by atoms with Gasteiger partial charge in [-0.05, 0) is 32.0 Å². The highest BCUT2D eigenvalue weighted by Gasteiger charge is 2.31. The predicted molar refractivity (Wildman–Crippen MR) is 87.8 cm³/mol. The first kappa shape index (κ1) is 19.3. The largest absolute Gasteiger partial charge is 0.416 e. The molecule has 1 heterocycles. The van der Waals surface area contributed by atoms with Gasteiger partial charge in [0.15, 0.2) is 5.16 Å². The summed E-state index contributed by atoms with van der Waals surface area (Å²) in [5, 5.41) is 9.03. The van der Waals surface area contributed by atoms with Gasteiger partial charge in [0.1, 0.15) is 5.69 Å². The lowest BCUT2D eigenvalue weighted by Gasteiger charge is -2.14. The summed E-state index contributed by atoms with van der Waals surface area (Å²) in [5.74, 6) is -0.602. The van der Waals surface area contributed by atoms with Crippen molar-refractivity contribution in [3.05, 3.63) is 44.8 Å². The van der Waals surface area contributed by atoms with Gasteiger partial charge >= 0.3 is 6.18 Å². The summed E-state index contributed by atoms with van der Waals surface area (Å²) in [6.45, 7) is 2.98. The van der Waals surface area contributed by atoms with Crippen molar-refractivity contribution in [3.63, 3.8) is 0 Å². The van der Waals surface area contributed by atoms with E-state index in [1.807, 2.05) is 0 Å². The van der Waals surface area contributed by atoms with Crippen LogP contribution in [0, 0.1) is 6.92 Å². The molecule has 1 aromatic heterocycles. The summed E-state index contributed by atoms with van der Waals surface area (Å²) in [6.07, 6.45) is -4.55. The number of thioether (sulfide) groups is 1. The maximum atomic E-state index is 12.7. The Balaban J connectivity index is 2.13. The van der Waals surface area contributed by atoms with Crippen molar-refractivity contribution < 1.29 is 18.0 Å². The Morgan fingerprint density at radius 1 is 1.36 bits per heavy atom. The number of hydrogen-bond donors (Lipinski definition) is 2. The van der Waals surface area contributed by atoms with Gasteiger partial charge in [-0.2, -0.15) is 13.2 Å². The van der Waals surface area contributed by atoms with Crippen molar-refractivity contribution in [3.8, 4) is 0 Å². The second-order valence-electron chi connectivity index (χ2n) is 4.99. The zero-order valence-corrected chi connectivity index (χ0v) is 14.5. The highest BCUT2D eigenvalue weighted by atomic mass is 35.5. The number of amides is 1. The lowest BCUT2D eigenvalue weighted by Crippen LogP contribution is -2.24. The van der Waals surface area contributed by atoms with Gasteiger partial charge in [0, 0.05) is 0 Å². The molecule has 2 rings (SSSR count). The van der Waals surface area contributed by atoms with Crippen LogP contribution < -0.4 is 10.9 Å². The van der Waals surface area contributed by atoms with E-state index in [0.29, 0.717) is 0 Å². The molecule has 0 aliphatic heterocycles. The molecule has 1 amide bonds. The molecule has 2 aromatic rings. The molecule has 134 valence electrons. The normalized spacial score (nSPS) is 12.7. The fourth-order valence-electron chi connectivity index (χ4n) is 1.68. The fraction of sp³-hybridized carbons (Fsp3) is 0.286. The third kappa shape index (κ3) is 4.95. The molecular weight excluding hydrogens is 381 g/mol. The highest BCUT2D eigenvalue weighted by molar-refractivity contribution is 8.00. The fourth-order valence-corrected chi connectivity index (χ4v) is 2.59. The Bertz CT molecular complexity index is 857. The van der Waals surface area contributed by atoms with Gasteiger partial charge in [0.2, 0.25) is 5.91 Å². The van der Waals surface area contributed by atoms with Crippen molar-refractivity contribution in [2.75, 3.05) is 5.32 Å². The molecule has 6 nitrogen and oxygen atoms in total. The van der Waals surface area contributed by atoms with Crippen molar-refractivity contribution in [2.45, 2.75) is 30.4 Å². The first-order chi connectivity index (χ1) is 11.6.